The van der Waals surface area contributed by atoms with E-state index < -0.39 is 39.5 Å². The molecule has 1 aromatic heterocycles. The number of fused-ring (bicyclic) bond motifs is 2. The summed E-state index contributed by atoms with van der Waals surface area (Å²) in [4.78, 5) is 46.4. The number of nitrogens with one attached hydrogen (secondary N) is 2. The smallest absolute Gasteiger partial charge is 0.246 e. The molecule has 10 nitrogen and oxygen atoms in total. The number of pyridine rings is 1. The average molecular weight is 558 g/mol. The van der Waals surface area contributed by atoms with E-state index in [1.54, 1.807) is 17.2 Å². The molecule has 2 saturated heterocycles. The lowest BCUT2D eigenvalue weighted by atomic mass is 9.84. The number of sulfonamides is 1. The van der Waals surface area contributed by atoms with Crippen LogP contribution < -0.4 is 10.6 Å². The highest BCUT2D eigenvalue weighted by atomic mass is 32.2. The summed E-state index contributed by atoms with van der Waals surface area (Å²) >= 11 is 0. The molecule has 0 aliphatic carbocycles. The lowest BCUT2D eigenvalue weighted by molar-refractivity contribution is -0.142. The highest BCUT2D eigenvalue weighted by Crippen LogP contribution is 2.39. The Kier molecular flexibility index (Phi) is 8.05. The second kappa shape index (κ2) is 10.8. The third kappa shape index (κ3) is 5.94. The van der Waals surface area contributed by atoms with Crippen LogP contribution >= 0.6 is 0 Å². The Hall–Kier alpha value is -3.05. The fourth-order valence-electron chi connectivity index (χ4n) is 5.59. The number of amides is 3. The molecule has 2 N–H and O–H groups in total. The Morgan fingerprint density at radius 2 is 1.90 bits per heavy atom. The van der Waals surface area contributed by atoms with Gasteiger partial charge in [0.2, 0.25) is 27.7 Å². The fourth-order valence-corrected chi connectivity index (χ4v) is 6.74. The van der Waals surface area contributed by atoms with Crippen molar-refractivity contribution in [2.45, 2.75) is 65.6 Å². The first-order chi connectivity index (χ1) is 18.2. The number of likely N-dealkylation sites (tertiary alicyclic amines) is 1. The summed E-state index contributed by atoms with van der Waals surface area (Å²) in [6, 6.07) is 7.13. The Labute approximate surface area is 230 Å². The maximum absolute atomic E-state index is 14.0. The molecule has 3 heterocycles. The van der Waals surface area contributed by atoms with Gasteiger partial charge in [0.25, 0.3) is 0 Å². The van der Waals surface area contributed by atoms with Crippen LogP contribution in [0.5, 0.6) is 0 Å². The van der Waals surface area contributed by atoms with Crippen molar-refractivity contribution in [2.75, 3.05) is 24.7 Å². The molecule has 2 aliphatic rings. The molecule has 1 aromatic carbocycles. The summed E-state index contributed by atoms with van der Waals surface area (Å²) in [5.41, 5.74) is 0.767. The van der Waals surface area contributed by atoms with Gasteiger partial charge in [0.1, 0.15) is 6.04 Å². The minimum atomic E-state index is -3.62. The number of hydrogen-bond donors (Lipinski definition) is 2. The van der Waals surface area contributed by atoms with Gasteiger partial charge in [-0.1, -0.05) is 40.7 Å². The van der Waals surface area contributed by atoms with Crippen molar-refractivity contribution in [1.29, 1.82) is 0 Å². The van der Waals surface area contributed by atoms with Crippen molar-refractivity contribution < 1.29 is 22.8 Å². The summed E-state index contributed by atoms with van der Waals surface area (Å²) in [7, 11) is -3.62. The van der Waals surface area contributed by atoms with Crippen molar-refractivity contribution in [3.63, 3.8) is 0 Å². The third-order valence-corrected chi connectivity index (χ3v) is 9.23. The predicted molar refractivity (Wildman–Crippen MR) is 150 cm³/mol. The molecule has 11 heteroatoms. The van der Waals surface area contributed by atoms with E-state index in [4.69, 9.17) is 0 Å². The largest absolute Gasteiger partial charge is 0.344 e. The number of carbonyl (C=O) groups is 3. The van der Waals surface area contributed by atoms with Crippen LogP contribution in [0.1, 0.15) is 47.5 Å². The van der Waals surface area contributed by atoms with Gasteiger partial charge < -0.3 is 15.5 Å². The topological polar surface area (TPSA) is 129 Å². The molecule has 5 atom stereocenters. The minimum absolute atomic E-state index is 0.0155. The van der Waals surface area contributed by atoms with Gasteiger partial charge >= 0.3 is 0 Å². The van der Waals surface area contributed by atoms with Gasteiger partial charge in [0.15, 0.2) is 0 Å². The SMILES string of the molecule is CC[C@@H](C)C(=O)N[C@H](C(=O)N1CC[C@@H]2[C@H]1[C@@H](C(=O)Nc1ccc3ncccc3c1)CN2S(C)(=O)=O)C(C)(C)C. The van der Waals surface area contributed by atoms with Crippen LogP contribution in [0.2, 0.25) is 0 Å². The van der Waals surface area contributed by atoms with E-state index in [-0.39, 0.29) is 30.2 Å². The fraction of sp³-hybridized carbons (Fsp3) is 0.571. The molecule has 0 saturated carbocycles. The Morgan fingerprint density at radius 3 is 2.54 bits per heavy atom. The molecular weight excluding hydrogens is 518 g/mol. The van der Waals surface area contributed by atoms with Crippen LogP contribution in [0, 0.1) is 17.3 Å². The highest BCUT2D eigenvalue weighted by Gasteiger charge is 2.56. The van der Waals surface area contributed by atoms with Crippen molar-refractivity contribution in [1.82, 2.24) is 19.5 Å². The number of anilines is 1. The Bertz CT molecular complexity index is 1370. The molecule has 2 fully saturated rings. The van der Waals surface area contributed by atoms with Crippen LogP contribution in [0.15, 0.2) is 36.5 Å². The number of hydrogen-bond acceptors (Lipinski definition) is 6. The first-order valence-electron chi connectivity index (χ1n) is 13.5. The first kappa shape index (κ1) is 28.9. The molecule has 39 heavy (non-hydrogen) atoms. The van der Waals surface area contributed by atoms with Gasteiger partial charge in [-0.25, -0.2) is 8.42 Å². The maximum Gasteiger partial charge on any atom is 0.246 e. The third-order valence-electron chi connectivity index (χ3n) is 7.95. The standard InChI is InChI=1S/C28H39N5O5S/c1-7-17(2)25(34)31-24(28(3,4)5)27(36)32-14-12-22-23(32)20(16-33(22)39(6,37)38)26(35)30-19-10-11-21-18(15-19)9-8-13-29-21/h8-11,13,15,17,20,22-24H,7,12,14,16H2,1-6H3,(H,30,35)(H,31,34)/t17-,20+,22-,23-,24-/m1/s1. The van der Waals surface area contributed by atoms with E-state index >= 15 is 0 Å². The van der Waals surface area contributed by atoms with E-state index in [0.29, 0.717) is 25.1 Å². The summed E-state index contributed by atoms with van der Waals surface area (Å²) in [5.74, 6) is -1.87. The van der Waals surface area contributed by atoms with Crippen molar-refractivity contribution >= 4 is 44.3 Å². The Morgan fingerprint density at radius 1 is 1.18 bits per heavy atom. The van der Waals surface area contributed by atoms with E-state index in [9.17, 15) is 22.8 Å². The van der Waals surface area contributed by atoms with E-state index in [1.807, 2.05) is 58.9 Å². The summed E-state index contributed by atoms with van der Waals surface area (Å²) in [6.07, 6.45) is 3.89. The molecule has 2 aliphatic heterocycles. The Balaban J connectivity index is 1.63. The van der Waals surface area contributed by atoms with Crippen LogP contribution in [-0.2, 0) is 24.4 Å². The molecule has 4 rings (SSSR count). The highest BCUT2D eigenvalue weighted by molar-refractivity contribution is 7.88. The number of aromatic nitrogens is 1. The summed E-state index contributed by atoms with van der Waals surface area (Å²) < 4.78 is 26.7. The van der Waals surface area contributed by atoms with Crippen LogP contribution in [0.25, 0.3) is 10.9 Å². The van der Waals surface area contributed by atoms with E-state index in [0.717, 1.165) is 17.2 Å². The molecule has 0 unspecified atom stereocenters. The number of carbonyl (C=O) groups excluding carboxylic acids is 3. The van der Waals surface area contributed by atoms with Crippen molar-refractivity contribution in [2.24, 2.45) is 17.3 Å². The molecule has 0 radical (unpaired) electrons. The first-order valence-corrected chi connectivity index (χ1v) is 15.3. The summed E-state index contributed by atoms with van der Waals surface area (Å²) in [6.45, 7) is 9.67. The van der Waals surface area contributed by atoms with Crippen molar-refractivity contribution in [3.05, 3.63) is 36.5 Å². The quantitative estimate of drug-likeness (QED) is 0.539. The molecule has 2 aromatic rings. The lowest BCUT2D eigenvalue weighted by Gasteiger charge is -2.37. The van der Waals surface area contributed by atoms with E-state index in [1.165, 1.54) is 4.31 Å². The second-order valence-corrected chi connectivity index (χ2v) is 13.8. The van der Waals surface area contributed by atoms with Gasteiger partial charge in [-0.3, -0.25) is 19.4 Å². The van der Waals surface area contributed by atoms with E-state index in [2.05, 4.69) is 15.6 Å². The maximum atomic E-state index is 14.0. The summed E-state index contributed by atoms with van der Waals surface area (Å²) in [5, 5.41) is 6.74. The normalized spacial score (nSPS) is 23.3. The number of benzene rings is 1. The molecule has 3 amide bonds. The predicted octanol–water partition coefficient (Wildman–Crippen LogP) is 2.61. The zero-order valence-electron chi connectivity index (χ0n) is 23.5. The molecule has 212 valence electrons. The number of nitrogens with zero attached hydrogens (tertiary/aromatic N) is 3. The zero-order chi connectivity index (χ0) is 28.7. The second-order valence-electron chi connectivity index (χ2n) is 11.8. The van der Waals surface area contributed by atoms with Gasteiger partial charge in [0.05, 0.1) is 23.7 Å². The van der Waals surface area contributed by atoms with Gasteiger partial charge in [-0.15, -0.1) is 0 Å². The molecular formula is C28H39N5O5S. The molecule has 0 bridgehead atoms. The van der Waals surface area contributed by atoms with Gasteiger partial charge in [-0.2, -0.15) is 4.31 Å². The van der Waals surface area contributed by atoms with Crippen LogP contribution in [0.4, 0.5) is 5.69 Å². The lowest BCUT2D eigenvalue weighted by Crippen LogP contribution is -2.58. The van der Waals surface area contributed by atoms with Gasteiger partial charge in [0, 0.05) is 42.3 Å². The minimum Gasteiger partial charge on any atom is -0.344 e. The monoisotopic (exact) mass is 557 g/mol. The van der Waals surface area contributed by atoms with Crippen molar-refractivity contribution in [3.8, 4) is 0 Å². The molecule has 0 spiro atoms. The van der Waals surface area contributed by atoms with Crippen LogP contribution in [0.3, 0.4) is 0 Å². The number of rotatable bonds is 7. The van der Waals surface area contributed by atoms with Gasteiger partial charge in [-0.05, 0) is 42.5 Å². The van der Waals surface area contributed by atoms with Crippen LogP contribution in [-0.4, -0.2) is 77.8 Å². The zero-order valence-corrected chi connectivity index (χ0v) is 24.3. The average Bonchev–Trinajstić information content (AvgIpc) is 3.46.